The molecule has 2 aromatic rings. The van der Waals surface area contributed by atoms with Crippen LogP contribution in [-0.2, 0) is 4.79 Å². The van der Waals surface area contributed by atoms with Crippen LogP contribution in [0.15, 0.2) is 30.7 Å². The van der Waals surface area contributed by atoms with Crippen molar-refractivity contribution in [2.24, 2.45) is 0 Å². The standard InChI is InChI=1S/C15H18N6O.C2HF3O2/c1-16-14(22)13-8-11(2-3-18-13)12-9-19-15(20-10-12)21-6-4-17-5-7-21;3-2(4,5)1(6)7/h2-3,8-10,17H,4-7H2,1H3,(H,16,22);(H,6,7). The summed E-state index contributed by atoms with van der Waals surface area (Å²) in [5, 5.41) is 13.0. The minimum atomic E-state index is -5.08. The van der Waals surface area contributed by atoms with E-state index in [2.05, 4.69) is 30.5 Å². The fraction of sp³-hybridized carbons (Fsp3) is 0.353. The van der Waals surface area contributed by atoms with Gasteiger partial charge in [-0.3, -0.25) is 9.78 Å². The van der Waals surface area contributed by atoms with E-state index in [9.17, 15) is 18.0 Å². The molecule has 29 heavy (non-hydrogen) atoms. The number of carboxylic acid groups (broad SMARTS) is 1. The maximum absolute atomic E-state index is 11.6. The summed E-state index contributed by atoms with van der Waals surface area (Å²) >= 11 is 0. The zero-order valence-corrected chi connectivity index (χ0v) is 15.4. The maximum atomic E-state index is 11.6. The predicted octanol–water partition coefficient (Wildman–Crippen LogP) is 0.941. The molecular weight excluding hydrogens is 393 g/mol. The molecule has 0 aromatic carbocycles. The first kappa shape index (κ1) is 22.0. The van der Waals surface area contributed by atoms with E-state index in [1.807, 2.05) is 6.07 Å². The number of carboxylic acids is 1. The summed E-state index contributed by atoms with van der Waals surface area (Å²) in [6.45, 7) is 3.72. The average molecular weight is 412 g/mol. The highest BCUT2D eigenvalue weighted by Gasteiger charge is 2.38. The van der Waals surface area contributed by atoms with Gasteiger partial charge < -0.3 is 20.6 Å². The lowest BCUT2D eigenvalue weighted by Crippen LogP contribution is -2.44. The molecule has 0 atom stereocenters. The van der Waals surface area contributed by atoms with Crippen LogP contribution in [0.4, 0.5) is 19.1 Å². The van der Waals surface area contributed by atoms with Gasteiger partial charge in [0, 0.05) is 57.4 Å². The molecule has 1 aliphatic rings. The number of nitrogens with one attached hydrogen (secondary N) is 2. The van der Waals surface area contributed by atoms with Gasteiger partial charge in [-0.2, -0.15) is 13.2 Å². The van der Waals surface area contributed by atoms with E-state index in [0.29, 0.717) is 5.69 Å². The van der Waals surface area contributed by atoms with Gasteiger partial charge in [-0.15, -0.1) is 0 Å². The molecule has 3 N–H and O–H groups in total. The quantitative estimate of drug-likeness (QED) is 0.681. The van der Waals surface area contributed by atoms with Crippen molar-refractivity contribution in [1.29, 1.82) is 0 Å². The fourth-order valence-electron chi connectivity index (χ4n) is 2.36. The number of hydrogen-bond donors (Lipinski definition) is 3. The number of carbonyl (C=O) groups excluding carboxylic acids is 1. The molecule has 3 rings (SSSR count). The van der Waals surface area contributed by atoms with Gasteiger partial charge in [-0.05, 0) is 17.7 Å². The van der Waals surface area contributed by atoms with E-state index < -0.39 is 12.1 Å². The van der Waals surface area contributed by atoms with Crippen LogP contribution in [-0.4, -0.2) is 71.3 Å². The molecule has 156 valence electrons. The number of alkyl halides is 3. The monoisotopic (exact) mass is 412 g/mol. The highest BCUT2D eigenvalue weighted by atomic mass is 19.4. The topological polar surface area (TPSA) is 120 Å². The van der Waals surface area contributed by atoms with Crippen LogP contribution in [0.1, 0.15) is 10.5 Å². The van der Waals surface area contributed by atoms with Crippen LogP contribution < -0.4 is 15.5 Å². The number of aromatic nitrogens is 3. The minimum absolute atomic E-state index is 0.208. The Morgan fingerprint density at radius 2 is 1.72 bits per heavy atom. The molecule has 1 aliphatic heterocycles. The summed E-state index contributed by atoms with van der Waals surface area (Å²) in [6, 6.07) is 3.58. The Balaban J connectivity index is 0.000000370. The van der Waals surface area contributed by atoms with E-state index in [0.717, 1.165) is 43.3 Å². The minimum Gasteiger partial charge on any atom is -0.475 e. The third-order valence-corrected chi connectivity index (χ3v) is 3.83. The summed E-state index contributed by atoms with van der Waals surface area (Å²) in [7, 11) is 1.59. The first-order valence-corrected chi connectivity index (χ1v) is 8.48. The number of amides is 1. The molecule has 0 spiro atoms. The van der Waals surface area contributed by atoms with Gasteiger partial charge in [0.15, 0.2) is 0 Å². The lowest BCUT2D eigenvalue weighted by molar-refractivity contribution is -0.192. The Hall–Kier alpha value is -3.28. The number of halogens is 3. The van der Waals surface area contributed by atoms with Crippen LogP contribution in [0.5, 0.6) is 0 Å². The van der Waals surface area contributed by atoms with E-state index in [4.69, 9.17) is 9.90 Å². The molecule has 3 heterocycles. The Labute approximate surface area is 164 Å². The predicted molar refractivity (Wildman–Crippen MR) is 97.4 cm³/mol. The number of rotatable bonds is 3. The molecule has 9 nitrogen and oxygen atoms in total. The van der Waals surface area contributed by atoms with Crippen molar-refractivity contribution >= 4 is 17.8 Å². The molecule has 12 heteroatoms. The second-order valence-corrected chi connectivity index (χ2v) is 5.82. The summed E-state index contributed by atoms with van der Waals surface area (Å²) in [6.07, 6.45) is 0.102. The fourth-order valence-corrected chi connectivity index (χ4v) is 2.36. The largest absolute Gasteiger partial charge is 0.490 e. The lowest BCUT2D eigenvalue weighted by Gasteiger charge is -2.27. The molecule has 2 aromatic heterocycles. The Morgan fingerprint density at radius 3 is 2.24 bits per heavy atom. The molecule has 0 bridgehead atoms. The smallest absolute Gasteiger partial charge is 0.475 e. The first-order chi connectivity index (χ1) is 13.7. The van der Waals surface area contributed by atoms with Crippen molar-refractivity contribution in [1.82, 2.24) is 25.6 Å². The summed E-state index contributed by atoms with van der Waals surface area (Å²) in [4.78, 5) is 35.6. The van der Waals surface area contributed by atoms with Gasteiger partial charge in [0.2, 0.25) is 5.95 Å². The number of pyridine rings is 1. The summed E-state index contributed by atoms with van der Waals surface area (Å²) in [5.74, 6) is -2.22. The van der Waals surface area contributed by atoms with Gasteiger partial charge in [0.05, 0.1) is 0 Å². The number of nitrogens with zero attached hydrogens (tertiary/aromatic N) is 4. The van der Waals surface area contributed by atoms with Gasteiger partial charge in [-0.1, -0.05) is 0 Å². The summed E-state index contributed by atoms with van der Waals surface area (Å²) < 4.78 is 31.7. The number of carbonyl (C=O) groups is 2. The molecule has 1 saturated heterocycles. The van der Waals surface area contributed by atoms with Gasteiger partial charge in [-0.25, -0.2) is 14.8 Å². The lowest BCUT2D eigenvalue weighted by atomic mass is 10.1. The molecule has 1 fully saturated rings. The van der Waals surface area contributed by atoms with Gasteiger partial charge >= 0.3 is 12.1 Å². The first-order valence-electron chi connectivity index (χ1n) is 8.48. The average Bonchev–Trinajstić information content (AvgIpc) is 2.74. The highest BCUT2D eigenvalue weighted by Crippen LogP contribution is 2.19. The number of hydrogen-bond acceptors (Lipinski definition) is 7. The second-order valence-electron chi connectivity index (χ2n) is 5.82. The number of anilines is 1. The highest BCUT2D eigenvalue weighted by molar-refractivity contribution is 5.93. The molecule has 0 saturated carbocycles. The molecule has 0 unspecified atom stereocenters. The van der Waals surface area contributed by atoms with Crippen molar-refractivity contribution in [2.75, 3.05) is 38.1 Å². The Bertz CT molecular complexity index is 839. The summed E-state index contributed by atoms with van der Waals surface area (Å²) in [5.41, 5.74) is 2.12. The van der Waals surface area contributed by atoms with E-state index in [1.54, 1.807) is 31.7 Å². The third-order valence-electron chi connectivity index (χ3n) is 3.83. The van der Waals surface area contributed by atoms with E-state index >= 15 is 0 Å². The normalized spacial score (nSPS) is 13.9. The van der Waals surface area contributed by atoms with E-state index in [-0.39, 0.29) is 5.91 Å². The maximum Gasteiger partial charge on any atom is 0.490 e. The van der Waals surface area contributed by atoms with Gasteiger partial charge in [0.1, 0.15) is 5.69 Å². The van der Waals surface area contributed by atoms with Crippen LogP contribution in [0.3, 0.4) is 0 Å². The van der Waals surface area contributed by atoms with Crippen LogP contribution in [0.2, 0.25) is 0 Å². The van der Waals surface area contributed by atoms with Crippen molar-refractivity contribution in [2.45, 2.75) is 6.18 Å². The van der Waals surface area contributed by atoms with Crippen molar-refractivity contribution in [3.05, 3.63) is 36.4 Å². The van der Waals surface area contributed by atoms with Crippen molar-refractivity contribution < 1.29 is 27.9 Å². The number of piperazine rings is 1. The molecule has 0 radical (unpaired) electrons. The zero-order valence-electron chi connectivity index (χ0n) is 15.4. The SMILES string of the molecule is CNC(=O)c1cc(-c2cnc(N3CCNCC3)nc2)ccn1.O=C(O)C(F)(F)F. The Kier molecular flexibility index (Phi) is 7.42. The van der Waals surface area contributed by atoms with Gasteiger partial charge in [0.25, 0.3) is 5.91 Å². The van der Waals surface area contributed by atoms with E-state index in [1.165, 1.54) is 0 Å². The zero-order chi connectivity index (χ0) is 21.4. The number of aliphatic carboxylic acids is 1. The molecular formula is C17H19F3N6O3. The van der Waals surface area contributed by atoms with Crippen LogP contribution >= 0.6 is 0 Å². The molecule has 1 amide bonds. The second kappa shape index (κ2) is 9.78. The van der Waals surface area contributed by atoms with Crippen LogP contribution in [0.25, 0.3) is 11.1 Å². The molecule has 0 aliphatic carbocycles. The Morgan fingerprint density at radius 1 is 1.14 bits per heavy atom. The van der Waals surface area contributed by atoms with Crippen molar-refractivity contribution in [3.8, 4) is 11.1 Å². The third kappa shape index (κ3) is 6.38. The van der Waals surface area contributed by atoms with Crippen molar-refractivity contribution in [3.63, 3.8) is 0 Å². The van der Waals surface area contributed by atoms with Crippen LogP contribution in [0, 0.1) is 0 Å².